The van der Waals surface area contributed by atoms with Gasteiger partial charge in [0, 0.05) is 6.54 Å². The van der Waals surface area contributed by atoms with Crippen molar-refractivity contribution in [1.29, 1.82) is 0 Å². The summed E-state index contributed by atoms with van der Waals surface area (Å²) in [7, 11) is -3.77. The Morgan fingerprint density at radius 2 is 1.81 bits per heavy atom. The van der Waals surface area contributed by atoms with Gasteiger partial charge in [0.05, 0.1) is 4.90 Å². The Labute approximate surface area is 158 Å². The number of hydrogen-bond donors (Lipinski definition) is 2. The van der Waals surface area contributed by atoms with E-state index in [1.54, 1.807) is 31.2 Å². The fourth-order valence-electron chi connectivity index (χ4n) is 2.66. The van der Waals surface area contributed by atoms with Crippen LogP contribution in [0.15, 0.2) is 47.4 Å². The van der Waals surface area contributed by atoms with Crippen LogP contribution in [0.25, 0.3) is 0 Å². The molecule has 8 heteroatoms. The number of benzene rings is 2. The summed E-state index contributed by atoms with van der Waals surface area (Å²) in [6.07, 6.45) is 0.331. The van der Waals surface area contributed by atoms with Crippen LogP contribution in [0.3, 0.4) is 0 Å². The Hall–Kier alpha value is -2.58. The number of amides is 1. The third kappa shape index (κ3) is 4.58. The van der Waals surface area contributed by atoms with Gasteiger partial charge in [0.2, 0.25) is 22.7 Å². The molecule has 1 aliphatic rings. The van der Waals surface area contributed by atoms with Gasteiger partial charge in [0.15, 0.2) is 11.5 Å². The molecule has 1 amide bonds. The number of nitrogens with one attached hydrogen (secondary N) is 2. The average molecular weight is 390 g/mol. The lowest BCUT2D eigenvalue weighted by molar-refractivity contribution is -0.122. The van der Waals surface area contributed by atoms with E-state index in [0.29, 0.717) is 17.9 Å². The number of carbonyl (C=O) groups excluding carboxylic acids is 1. The second kappa shape index (κ2) is 7.98. The summed E-state index contributed by atoms with van der Waals surface area (Å²) in [5, 5.41) is 2.76. The molecule has 0 bridgehead atoms. The summed E-state index contributed by atoms with van der Waals surface area (Å²) in [4.78, 5) is 12.6. The summed E-state index contributed by atoms with van der Waals surface area (Å²) in [6.45, 7) is 4.08. The summed E-state index contributed by atoms with van der Waals surface area (Å²) in [5.41, 5.74) is 1.80. The van der Waals surface area contributed by atoms with E-state index in [-0.39, 0.29) is 24.1 Å². The van der Waals surface area contributed by atoms with Crippen molar-refractivity contribution >= 4 is 15.9 Å². The van der Waals surface area contributed by atoms with Crippen LogP contribution in [-0.2, 0) is 21.4 Å². The van der Waals surface area contributed by atoms with Crippen molar-refractivity contribution < 1.29 is 22.7 Å². The second-order valence-electron chi connectivity index (χ2n) is 6.30. The van der Waals surface area contributed by atoms with E-state index in [4.69, 9.17) is 9.47 Å². The van der Waals surface area contributed by atoms with E-state index >= 15 is 0 Å². The van der Waals surface area contributed by atoms with Crippen molar-refractivity contribution in [3.63, 3.8) is 0 Å². The number of rotatable bonds is 7. The molecule has 1 atom stereocenters. The number of aryl methyl sites for hydroxylation is 1. The van der Waals surface area contributed by atoms with Gasteiger partial charge in [-0.15, -0.1) is 0 Å². The monoisotopic (exact) mass is 390 g/mol. The van der Waals surface area contributed by atoms with Gasteiger partial charge < -0.3 is 14.8 Å². The second-order valence-corrected chi connectivity index (χ2v) is 8.01. The zero-order valence-corrected chi connectivity index (χ0v) is 16.0. The smallest absolute Gasteiger partial charge is 0.241 e. The van der Waals surface area contributed by atoms with E-state index in [1.807, 2.05) is 13.0 Å². The first-order valence-electron chi connectivity index (χ1n) is 8.64. The SMILES string of the molecule is CC[C@@H](NS(=O)(=O)c1ccc(C)cc1)C(=O)NCc1ccc2c(c1)OCO2. The minimum absolute atomic E-state index is 0.134. The Morgan fingerprint density at radius 3 is 2.52 bits per heavy atom. The molecule has 0 spiro atoms. The van der Waals surface area contributed by atoms with E-state index in [9.17, 15) is 13.2 Å². The standard InChI is InChI=1S/C19H22N2O5S/c1-3-16(21-27(23,24)15-7-4-13(2)5-8-15)19(22)20-11-14-6-9-17-18(10-14)26-12-25-17/h4-10,16,21H,3,11-12H2,1-2H3,(H,20,22)/t16-/m1/s1. The lowest BCUT2D eigenvalue weighted by Crippen LogP contribution is -2.46. The highest BCUT2D eigenvalue weighted by molar-refractivity contribution is 7.89. The van der Waals surface area contributed by atoms with Crippen molar-refractivity contribution in [2.45, 2.75) is 37.8 Å². The number of hydrogen-bond acceptors (Lipinski definition) is 5. The van der Waals surface area contributed by atoms with Crippen molar-refractivity contribution in [3.05, 3.63) is 53.6 Å². The molecule has 2 aromatic carbocycles. The Bertz CT molecular complexity index is 926. The molecule has 2 aromatic rings. The Kier molecular flexibility index (Phi) is 5.67. The third-order valence-electron chi connectivity index (χ3n) is 4.26. The molecule has 0 unspecified atom stereocenters. The molecule has 144 valence electrons. The van der Waals surface area contributed by atoms with Gasteiger partial charge in [-0.05, 0) is 43.2 Å². The highest BCUT2D eigenvalue weighted by atomic mass is 32.2. The molecule has 1 heterocycles. The van der Waals surface area contributed by atoms with Gasteiger partial charge in [-0.3, -0.25) is 4.79 Å². The maximum atomic E-state index is 12.5. The van der Waals surface area contributed by atoms with Crippen LogP contribution in [0.1, 0.15) is 24.5 Å². The molecule has 7 nitrogen and oxygen atoms in total. The van der Waals surface area contributed by atoms with Crippen LogP contribution in [0.5, 0.6) is 11.5 Å². The first-order valence-corrected chi connectivity index (χ1v) is 10.1. The number of carbonyl (C=O) groups is 1. The van der Waals surface area contributed by atoms with Gasteiger partial charge >= 0.3 is 0 Å². The minimum Gasteiger partial charge on any atom is -0.454 e. The van der Waals surface area contributed by atoms with Gasteiger partial charge in [0.1, 0.15) is 6.04 Å². The molecule has 0 fully saturated rings. The first-order chi connectivity index (χ1) is 12.9. The van der Waals surface area contributed by atoms with Crippen LogP contribution < -0.4 is 19.5 Å². The molecule has 0 radical (unpaired) electrons. The molecule has 0 saturated carbocycles. The van der Waals surface area contributed by atoms with Gasteiger partial charge in [-0.25, -0.2) is 8.42 Å². The largest absolute Gasteiger partial charge is 0.454 e. The molecule has 0 saturated heterocycles. The highest BCUT2D eigenvalue weighted by Crippen LogP contribution is 2.32. The van der Waals surface area contributed by atoms with Crippen LogP contribution >= 0.6 is 0 Å². The molecule has 0 aromatic heterocycles. The maximum Gasteiger partial charge on any atom is 0.241 e. The Morgan fingerprint density at radius 1 is 1.11 bits per heavy atom. The van der Waals surface area contributed by atoms with Crippen LogP contribution in [0.2, 0.25) is 0 Å². The zero-order chi connectivity index (χ0) is 19.4. The molecule has 1 aliphatic heterocycles. The molecule has 27 heavy (non-hydrogen) atoms. The first kappa shape index (κ1) is 19.2. The summed E-state index contributed by atoms with van der Waals surface area (Å²) in [6, 6.07) is 11.0. The van der Waals surface area contributed by atoms with Gasteiger partial charge in [0.25, 0.3) is 0 Å². The van der Waals surface area contributed by atoms with Crippen molar-refractivity contribution in [1.82, 2.24) is 10.0 Å². The zero-order valence-electron chi connectivity index (χ0n) is 15.2. The third-order valence-corrected chi connectivity index (χ3v) is 5.74. The lowest BCUT2D eigenvalue weighted by atomic mass is 10.2. The average Bonchev–Trinajstić information content (AvgIpc) is 3.12. The number of fused-ring (bicyclic) bond motifs is 1. The van der Waals surface area contributed by atoms with E-state index in [0.717, 1.165) is 11.1 Å². The van der Waals surface area contributed by atoms with Crippen LogP contribution in [0, 0.1) is 6.92 Å². The van der Waals surface area contributed by atoms with Crippen molar-refractivity contribution in [2.24, 2.45) is 0 Å². The number of ether oxygens (including phenoxy) is 2. The molecular formula is C19H22N2O5S. The topological polar surface area (TPSA) is 93.7 Å². The maximum absolute atomic E-state index is 12.5. The molecule has 3 rings (SSSR count). The predicted octanol–water partition coefficient (Wildman–Crippen LogP) is 2.10. The quantitative estimate of drug-likeness (QED) is 0.755. The fraction of sp³-hybridized carbons (Fsp3) is 0.316. The van der Waals surface area contributed by atoms with Crippen LogP contribution in [-0.4, -0.2) is 27.2 Å². The molecule has 0 aliphatic carbocycles. The van der Waals surface area contributed by atoms with Crippen molar-refractivity contribution in [2.75, 3.05) is 6.79 Å². The molecular weight excluding hydrogens is 368 g/mol. The van der Waals surface area contributed by atoms with Crippen molar-refractivity contribution in [3.8, 4) is 11.5 Å². The summed E-state index contributed by atoms with van der Waals surface area (Å²) >= 11 is 0. The predicted molar refractivity (Wildman–Crippen MR) is 100.0 cm³/mol. The highest BCUT2D eigenvalue weighted by Gasteiger charge is 2.24. The fourth-order valence-corrected chi connectivity index (χ4v) is 3.94. The summed E-state index contributed by atoms with van der Waals surface area (Å²) < 4.78 is 38.0. The van der Waals surface area contributed by atoms with E-state index in [2.05, 4.69) is 10.0 Å². The summed E-state index contributed by atoms with van der Waals surface area (Å²) in [5.74, 6) is 0.919. The Balaban J connectivity index is 1.62. The van der Waals surface area contributed by atoms with E-state index in [1.165, 1.54) is 12.1 Å². The van der Waals surface area contributed by atoms with E-state index < -0.39 is 16.1 Å². The lowest BCUT2D eigenvalue weighted by Gasteiger charge is -2.17. The van der Waals surface area contributed by atoms with Gasteiger partial charge in [-0.1, -0.05) is 30.7 Å². The molecule has 2 N–H and O–H groups in total. The normalized spacial score (nSPS) is 14.0. The minimum atomic E-state index is -3.77. The number of sulfonamides is 1. The van der Waals surface area contributed by atoms with Crippen LogP contribution in [0.4, 0.5) is 0 Å². The van der Waals surface area contributed by atoms with Gasteiger partial charge in [-0.2, -0.15) is 4.72 Å².